The number of fused-ring (bicyclic) bond motifs is 2. The third-order valence-electron chi connectivity index (χ3n) is 9.48. The SMILES string of the molecule is CCCN1CC=C[C@@]2(CC)O[C@]34C=CCN(c5c(C)cccc5C)C(=O)C3N([C@@H](CO)C(C)C)C(=O)[C@@H]4[C@H]2C1=O. The van der Waals surface area contributed by atoms with Crippen LogP contribution in [0, 0.1) is 31.6 Å². The van der Waals surface area contributed by atoms with Crippen molar-refractivity contribution < 1.29 is 24.2 Å². The van der Waals surface area contributed by atoms with Crippen molar-refractivity contribution in [2.45, 2.75) is 77.7 Å². The van der Waals surface area contributed by atoms with Crippen LogP contribution in [0.4, 0.5) is 5.69 Å². The molecule has 40 heavy (non-hydrogen) atoms. The smallest absolute Gasteiger partial charge is 0.253 e. The topological polar surface area (TPSA) is 90.4 Å². The van der Waals surface area contributed by atoms with Crippen LogP contribution in [-0.4, -0.2) is 82.2 Å². The number of aliphatic hydroxyl groups is 1. The van der Waals surface area contributed by atoms with Crippen molar-refractivity contribution >= 4 is 23.4 Å². The highest BCUT2D eigenvalue weighted by molar-refractivity contribution is 6.06. The normalized spacial score (nSPS) is 32.4. The molecule has 2 fully saturated rings. The number of benzene rings is 1. The zero-order valence-electron chi connectivity index (χ0n) is 24.6. The van der Waals surface area contributed by atoms with E-state index >= 15 is 0 Å². The van der Waals surface area contributed by atoms with Crippen molar-refractivity contribution in [3.8, 4) is 0 Å². The van der Waals surface area contributed by atoms with E-state index in [-0.39, 0.29) is 30.2 Å². The molecular weight excluding hydrogens is 506 g/mol. The van der Waals surface area contributed by atoms with Gasteiger partial charge in [0, 0.05) is 25.3 Å². The number of carbonyl (C=O) groups excluding carboxylic acids is 3. The van der Waals surface area contributed by atoms with Crippen molar-refractivity contribution in [3.05, 3.63) is 53.6 Å². The molecule has 3 amide bonds. The number of carbonyl (C=O) groups is 3. The maximum absolute atomic E-state index is 14.8. The second-order valence-corrected chi connectivity index (χ2v) is 12.1. The average molecular weight is 550 g/mol. The summed E-state index contributed by atoms with van der Waals surface area (Å²) in [6.07, 6.45) is 9.04. The Morgan fingerprint density at radius 1 is 0.975 bits per heavy atom. The lowest BCUT2D eigenvalue weighted by atomic mass is 9.73. The van der Waals surface area contributed by atoms with Gasteiger partial charge < -0.3 is 24.5 Å². The van der Waals surface area contributed by atoms with Crippen molar-refractivity contribution in [1.82, 2.24) is 9.80 Å². The number of anilines is 1. The molecule has 1 N–H and O–H groups in total. The number of rotatable bonds is 7. The third kappa shape index (κ3) is 3.97. The summed E-state index contributed by atoms with van der Waals surface area (Å²) in [5, 5.41) is 10.5. The van der Waals surface area contributed by atoms with Gasteiger partial charge in [-0.15, -0.1) is 0 Å². The molecule has 2 saturated heterocycles. The van der Waals surface area contributed by atoms with E-state index in [1.165, 1.54) is 0 Å². The number of ether oxygens (including phenoxy) is 1. The summed E-state index contributed by atoms with van der Waals surface area (Å²) >= 11 is 0. The maximum Gasteiger partial charge on any atom is 0.253 e. The van der Waals surface area contributed by atoms with E-state index in [2.05, 4.69) is 0 Å². The van der Waals surface area contributed by atoms with Crippen LogP contribution < -0.4 is 4.90 Å². The molecule has 1 unspecified atom stereocenters. The summed E-state index contributed by atoms with van der Waals surface area (Å²) < 4.78 is 7.05. The van der Waals surface area contributed by atoms with E-state index < -0.39 is 35.1 Å². The lowest BCUT2D eigenvalue weighted by Crippen LogP contribution is -2.60. The summed E-state index contributed by atoms with van der Waals surface area (Å²) in [7, 11) is 0. The van der Waals surface area contributed by atoms with E-state index in [0.29, 0.717) is 26.1 Å². The Balaban J connectivity index is 1.72. The fraction of sp³-hybridized carbons (Fsp3) is 0.594. The van der Waals surface area contributed by atoms with Gasteiger partial charge in [0.1, 0.15) is 11.6 Å². The Morgan fingerprint density at radius 3 is 2.25 bits per heavy atom. The Labute approximate surface area is 237 Å². The Kier molecular flexibility index (Phi) is 7.46. The third-order valence-corrected chi connectivity index (χ3v) is 9.48. The summed E-state index contributed by atoms with van der Waals surface area (Å²) in [6.45, 7) is 12.9. The second-order valence-electron chi connectivity index (χ2n) is 12.1. The van der Waals surface area contributed by atoms with Crippen molar-refractivity contribution in [2.75, 3.05) is 31.1 Å². The number of aryl methyl sites for hydroxylation is 2. The summed E-state index contributed by atoms with van der Waals surface area (Å²) in [4.78, 5) is 48.8. The molecule has 216 valence electrons. The monoisotopic (exact) mass is 549 g/mol. The standard InChI is InChI=1S/C32H43N3O5/c1-7-16-33-17-10-14-31(8-2)24(28(33)37)25-29(38)35(23(19-36)20(3)4)27-30(39)34(18-11-15-32(25,27)40-31)26-21(5)12-9-13-22(26)6/h9-15,20,23-25,27,36H,7-8,16-19H2,1-6H3/t23-,24-,25-,27?,31+,32-/m0/s1. The van der Waals surface area contributed by atoms with Gasteiger partial charge in [-0.2, -0.15) is 0 Å². The van der Waals surface area contributed by atoms with Crippen molar-refractivity contribution in [2.24, 2.45) is 17.8 Å². The van der Waals surface area contributed by atoms with E-state index in [1.54, 1.807) is 9.80 Å². The molecule has 0 aromatic heterocycles. The number of aliphatic hydroxyl groups excluding tert-OH is 1. The van der Waals surface area contributed by atoms with Crippen LogP contribution in [0.25, 0.3) is 0 Å². The molecule has 1 aromatic carbocycles. The predicted octanol–water partition coefficient (Wildman–Crippen LogP) is 3.39. The molecule has 8 heteroatoms. The van der Waals surface area contributed by atoms with E-state index in [9.17, 15) is 19.5 Å². The molecule has 6 atom stereocenters. The van der Waals surface area contributed by atoms with Gasteiger partial charge in [0.2, 0.25) is 11.8 Å². The minimum Gasteiger partial charge on any atom is -0.394 e. The largest absolute Gasteiger partial charge is 0.394 e. The van der Waals surface area contributed by atoms with Gasteiger partial charge in [0.05, 0.1) is 30.1 Å². The Hall–Kier alpha value is -2.97. The van der Waals surface area contributed by atoms with Crippen LogP contribution in [-0.2, 0) is 19.1 Å². The molecule has 0 bridgehead atoms. The predicted molar refractivity (Wildman–Crippen MR) is 154 cm³/mol. The lowest BCUT2D eigenvalue weighted by Gasteiger charge is -2.42. The molecule has 0 radical (unpaired) electrons. The van der Waals surface area contributed by atoms with Crippen molar-refractivity contribution in [1.29, 1.82) is 0 Å². The van der Waals surface area contributed by atoms with E-state index in [4.69, 9.17) is 4.74 Å². The quantitative estimate of drug-likeness (QED) is 0.527. The number of hydrogen-bond donors (Lipinski definition) is 1. The molecule has 0 saturated carbocycles. The molecule has 1 aromatic rings. The van der Waals surface area contributed by atoms with Gasteiger partial charge in [-0.3, -0.25) is 14.4 Å². The first-order valence-corrected chi connectivity index (χ1v) is 14.7. The molecule has 0 aliphatic carbocycles. The average Bonchev–Trinajstić information content (AvgIpc) is 3.21. The summed E-state index contributed by atoms with van der Waals surface area (Å²) in [5.41, 5.74) is 0.400. The van der Waals surface area contributed by atoms with Crippen LogP contribution >= 0.6 is 0 Å². The van der Waals surface area contributed by atoms with Crippen LogP contribution in [0.1, 0.15) is 51.7 Å². The van der Waals surface area contributed by atoms with Crippen LogP contribution in [0.2, 0.25) is 0 Å². The zero-order chi connectivity index (χ0) is 29.0. The number of nitrogens with zero attached hydrogens (tertiary/aromatic N) is 3. The maximum atomic E-state index is 14.8. The number of likely N-dealkylation sites (tertiary alicyclic amines) is 1. The van der Waals surface area contributed by atoms with Gasteiger partial charge >= 0.3 is 0 Å². The first-order chi connectivity index (χ1) is 19.1. The first kappa shape index (κ1) is 28.6. The minimum absolute atomic E-state index is 0.105. The second kappa shape index (κ2) is 10.5. The molecule has 4 aliphatic rings. The Bertz CT molecular complexity index is 1240. The molecule has 4 heterocycles. The van der Waals surface area contributed by atoms with Gasteiger partial charge in [-0.1, -0.05) is 70.2 Å². The molecular formula is C32H43N3O5. The molecule has 8 nitrogen and oxygen atoms in total. The minimum atomic E-state index is -1.34. The highest BCUT2D eigenvalue weighted by atomic mass is 16.5. The van der Waals surface area contributed by atoms with Crippen LogP contribution in [0.3, 0.4) is 0 Å². The first-order valence-electron chi connectivity index (χ1n) is 14.7. The number of amides is 3. The van der Waals surface area contributed by atoms with Gasteiger partial charge in [0.25, 0.3) is 5.91 Å². The van der Waals surface area contributed by atoms with Gasteiger partial charge in [-0.05, 0) is 43.7 Å². The molecule has 4 aliphatic heterocycles. The highest BCUT2D eigenvalue weighted by Gasteiger charge is 2.76. The summed E-state index contributed by atoms with van der Waals surface area (Å²) in [6, 6.07) is 4.31. The molecule has 5 rings (SSSR count). The number of para-hydroxylation sites is 1. The zero-order valence-corrected chi connectivity index (χ0v) is 24.6. The lowest BCUT2D eigenvalue weighted by molar-refractivity contribution is -0.153. The fourth-order valence-corrected chi connectivity index (χ4v) is 7.63. The molecule has 1 spiro atoms. The van der Waals surface area contributed by atoms with Crippen molar-refractivity contribution in [3.63, 3.8) is 0 Å². The van der Waals surface area contributed by atoms with Crippen LogP contribution in [0.15, 0.2) is 42.5 Å². The van der Waals surface area contributed by atoms with E-state index in [0.717, 1.165) is 23.2 Å². The Morgan fingerprint density at radius 2 is 1.65 bits per heavy atom. The van der Waals surface area contributed by atoms with Gasteiger partial charge in [0.15, 0.2) is 0 Å². The van der Waals surface area contributed by atoms with E-state index in [1.807, 2.05) is 88.9 Å². The fourth-order valence-electron chi connectivity index (χ4n) is 7.63. The summed E-state index contributed by atoms with van der Waals surface area (Å²) in [5.74, 6) is -2.40. The highest BCUT2D eigenvalue weighted by Crippen LogP contribution is 2.59. The number of hydrogen-bond acceptors (Lipinski definition) is 5. The van der Waals surface area contributed by atoms with Gasteiger partial charge in [-0.25, -0.2) is 0 Å². The van der Waals surface area contributed by atoms with Crippen LogP contribution in [0.5, 0.6) is 0 Å².